The first-order valence-corrected chi connectivity index (χ1v) is 9.81. The van der Waals surface area contributed by atoms with Gasteiger partial charge in [0.25, 0.3) is 0 Å². The average molecular weight is 389 g/mol. The van der Waals surface area contributed by atoms with Crippen LogP contribution in [0.3, 0.4) is 0 Å². The molecule has 0 unspecified atom stereocenters. The minimum absolute atomic E-state index is 0.0411. The summed E-state index contributed by atoms with van der Waals surface area (Å²) in [6.07, 6.45) is 2.02. The minimum Gasteiger partial charge on any atom is -0.475 e. The summed E-state index contributed by atoms with van der Waals surface area (Å²) in [7, 11) is 0. The van der Waals surface area contributed by atoms with E-state index in [4.69, 9.17) is 31.1 Å². The molecule has 4 nitrogen and oxygen atoms in total. The highest BCUT2D eigenvalue weighted by atomic mass is 35.5. The summed E-state index contributed by atoms with van der Waals surface area (Å²) in [6, 6.07) is 7.90. The lowest BCUT2D eigenvalue weighted by Crippen LogP contribution is -2.25. The molecule has 0 N–H and O–H groups in total. The molecule has 0 saturated carbocycles. The third-order valence-electron chi connectivity index (χ3n) is 4.94. The zero-order chi connectivity index (χ0) is 19.8. The molecular weight excluding hydrogens is 360 g/mol. The molecular formula is C22H29ClN2O2. The van der Waals surface area contributed by atoms with E-state index in [1.807, 2.05) is 30.3 Å². The first-order chi connectivity index (χ1) is 12.5. The molecule has 0 fully saturated rings. The second kappa shape index (κ2) is 7.31. The molecule has 0 bridgehead atoms. The number of aliphatic imine (C=N–C) groups is 2. The van der Waals surface area contributed by atoms with Crippen molar-refractivity contribution >= 4 is 29.5 Å². The minimum atomic E-state index is 0.0411. The van der Waals surface area contributed by atoms with Gasteiger partial charge in [-0.3, -0.25) is 0 Å². The number of ether oxygens (including phenoxy) is 2. The lowest BCUT2D eigenvalue weighted by molar-refractivity contribution is 0.232. The van der Waals surface area contributed by atoms with Crippen molar-refractivity contribution in [1.29, 1.82) is 0 Å². The van der Waals surface area contributed by atoms with Gasteiger partial charge in [0, 0.05) is 5.02 Å². The second-order valence-corrected chi connectivity index (χ2v) is 9.80. The fourth-order valence-corrected chi connectivity index (χ4v) is 3.00. The van der Waals surface area contributed by atoms with E-state index in [0.29, 0.717) is 30.0 Å². The molecule has 0 aliphatic carbocycles. The largest absolute Gasteiger partial charge is 0.475 e. The van der Waals surface area contributed by atoms with Crippen LogP contribution in [0.4, 0.5) is 0 Å². The summed E-state index contributed by atoms with van der Waals surface area (Å²) in [6.45, 7) is 14.2. The van der Waals surface area contributed by atoms with Crippen molar-refractivity contribution in [3.63, 3.8) is 0 Å². The van der Waals surface area contributed by atoms with E-state index < -0.39 is 0 Å². The highest BCUT2D eigenvalue weighted by molar-refractivity contribution is 6.30. The van der Waals surface area contributed by atoms with Gasteiger partial charge in [-0.05, 0) is 34.6 Å². The van der Waals surface area contributed by atoms with E-state index in [1.165, 1.54) is 0 Å². The molecule has 0 aromatic heterocycles. The summed E-state index contributed by atoms with van der Waals surface area (Å²) in [4.78, 5) is 9.69. The smallest absolute Gasteiger partial charge is 0.222 e. The number of hydrogen-bond donors (Lipinski definition) is 0. The van der Waals surface area contributed by atoms with Crippen LogP contribution in [0.5, 0.6) is 0 Å². The van der Waals surface area contributed by atoms with E-state index in [-0.39, 0.29) is 22.9 Å². The van der Waals surface area contributed by atoms with Gasteiger partial charge in [0.05, 0.1) is 17.7 Å². The molecule has 146 valence electrons. The zero-order valence-corrected chi connectivity index (χ0v) is 17.8. The van der Waals surface area contributed by atoms with Gasteiger partial charge >= 0.3 is 0 Å². The summed E-state index contributed by atoms with van der Waals surface area (Å²) in [5.74, 6) is 1.22. The van der Waals surface area contributed by atoms with Gasteiger partial charge < -0.3 is 9.47 Å². The fourth-order valence-electron chi connectivity index (χ4n) is 2.87. The number of hydrogen-bond acceptors (Lipinski definition) is 4. The lowest BCUT2D eigenvalue weighted by atomic mass is 9.88. The topological polar surface area (TPSA) is 43.2 Å². The van der Waals surface area contributed by atoms with Gasteiger partial charge in [-0.2, -0.15) is 0 Å². The van der Waals surface area contributed by atoms with Crippen molar-refractivity contribution in [2.24, 2.45) is 20.8 Å². The monoisotopic (exact) mass is 388 g/mol. The Bertz CT molecular complexity index is 738. The number of nitrogens with zero attached hydrogens (tertiary/aromatic N) is 2. The molecule has 0 spiro atoms. The Hall–Kier alpha value is -1.81. The maximum absolute atomic E-state index is 6.02. The molecule has 2 atom stereocenters. The van der Waals surface area contributed by atoms with Gasteiger partial charge in [0.2, 0.25) is 11.8 Å². The van der Waals surface area contributed by atoms with E-state index in [2.05, 4.69) is 41.5 Å². The Balaban J connectivity index is 1.99. The normalized spacial score (nSPS) is 22.6. The molecule has 0 saturated heterocycles. The van der Waals surface area contributed by atoms with Crippen LogP contribution < -0.4 is 0 Å². The molecule has 2 heterocycles. The standard InChI is InChI=1S/C22H29ClN2O2/c1-21(2,3)17-12-26-19(24-17)16(11-14-7-9-15(23)10-8-14)20-25-18(13-27-20)22(4,5)6/h7-11,17-18H,12-13H2,1-6H3/t17-,18-/m1/s1. The van der Waals surface area contributed by atoms with Crippen molar-refractivity contribution < 1.29 is 9.47 Å². The van der Waals surface area contributed by atoms with Gasteiger partial charge in [-0.25, -0.2) is 9.98 Å². The quantitative estimate of drug-likeness (QED) is 0.694. The van der Waals surface area contributed by atoms with Gasteiger partial charge in [-0.1, -0.05) is 65.3 Å². The summed E-state index contributed by atoms with van der Waals surface area (Å²) >= 11 is 6.02. The molecule has 2 aliphatic rings. The average Bonchev–Trinajstić information content (AvgIpc) is 3.23. The maximum Gasteiger partial charge on any atom is 0.222 e. The Morgan fingerprint density at radius 3 is 1.70 bits per heavy atom. The van der Waals surface area contributed by atoms with Crippen LogP contribution >= 0.6 is 11.6 Å². The lowest BCUT2D eigenvalue weighted by Gasteiger charge is -2.21. The summed E-state index contributed by atoms with van der Waals surface area (Å²) < 4.78 is 12.0. The van der Waals surface area contributed by atoms with Crippen molar-refractivity contribution in [3.05, 3.63) is 40.4 Å². The predicted octanol–water partition coefficient (Wildman–Crippen LogP) is 5.41. The Morgan fingerprint density at radius 2 is 1.33 bits per heavy atom. The van der Waals surface area contributed by atoms with E-state index in [0.717, 1.165) is 11.1 Å². The third-order valence-corrected chi connectivity index (χ3v) is 5.20. The van der Waals surface area contributed by atoms with Crippen LogP contribution in [0.1, 0.15) is 47.1 Å². The van der Waals surface area contributed by atoms with E-state index >= 15 is 0 Å². The zero-order valence-electron chi connectivity index (χ0n) is 17.0. The van der Waals surface area contributed by atoms with Crippen LogP contribution in [0.25, 0.3) is 6.08 Å². The van der Waals surface area contributed by atoms with Gasteiger partial charge in [-0.15, -0.1) is 0 Å². The van der Waals surface area contributed by atoms with Crippen molar-refractivity contribution in [3.8, 4) is 0 Å². The second-order valence-electron chi connectivity index (χ2n) is 9.36. The van der Waals surface area contributed by atoms with Crippen LogP contribution in [0.2, 0.25) is 5.02 Å². The Kier molecular flexibility index (Phi) is 5.40. The maximum atomic E-state index is 6.02. The molecule has 0 radical (unpaired) electrons. The first kappa shape index (κ1) is 19.9. The highest BCUT2D eigenvalue weighted by Gasteiger charge is 2.36. The van der Waals surface area contributed by atoms with Gasteiger partial charge in [0.15, 0.2) is 0 Å². The van der Waals surface area contributed by atoms with E-state index in [1.54, 1.807) is 0 Å². The summed E-state index contributed by atoms with van der Waals surface area (Å²) in [5.41, 5.74) is 1.89. The number of rotatable bonds is 3. The molecule has 3 rings (SSSR count). The number of benzene rings is 1. The molecule has 5 heteroatoms. The SMILES string of the molecule is CC(C)(C)[C@H]1COC(C(=Cc2ccc(Cl)cc2)C2=N[C@@H](C(C)(C)C)CO2)=N1. The van der Waals surface area contributed by atoms with Gasteiger partial charge in [0.1, 0.15) is 13.2 Å². The van der Waals surface area contributed by atoms with Crippen molar-refractivity contribution in [2.45, 2.75) is 53.6 Å². The highest BCUT2D eigenvalue weighted by Crippen LogP contribution is 2.31. The molecule has 2 aliphatic heterocycles. The molecule has 1 aromatic rings. The first-order valence-electron chi connectivity index (χ1n) is 9.43. The molecule has 27 heavy (non-hydrogen) atoms. The van der Waals surface area contributed by atoms with Crippen molar-refractivity contribution in [2.75, 3.05) is 13.2 Å². The third kappa shape index (κ3) is 4.73. The summed E-state index contributed by atoms with van der Waals surface area (Å²) in [5, 5.41) is 0.707. The van der Waals surface area contributed by atoms with E-state index in [9.17, 15) is 0 Å². The van der Waals surface area contributed by atoms with Crippen LogP contribution in [-0.2, 0) is 9.47 Å². The Morgan fingerprint density at radius 1 is 0.889 bits per heavy atom. The number of halogens is 1. The molecule has 0 amide bonds. The molecule has 1 aromatic carbocycles. The predicted molar refractivity (Wildman–Crippen MR) is 113 cm³/mol. The Labute approximate surface area is 167 Å². The van der Waals surface area contributed by atoms with Crippen LogP contribution in [0, 0.1) is 10.8 Å². The van der Waals surface area contributed by atoms with Crippen molar-refractivity contribution in [1.82, 2.24) is 0 Å². The van der Waals surface area contributed by atoms with Crippen LogP contribution in [0.15, 0.2) is 39.8 Å². The fraction of sp³-hybridized carbons (Fsp3) is 0.545. The van der Waals surface area contributed by atoms with Crippen LogP contribution in [-0.4, -0.2) is 37.1 Å².